The zero-order valence-corrected chi connectivity index (χ0v) is 11.8. The molecule has 2 aromatic rings. The van der Waals surface area contributed by atoms with Crippen molar-refractivity contribution in [3.05, 3.63) is 42.2 Å². The van der Waals surface area contributed by atoms with Gasteiger partial charge in [-0.05, 0) is 24.3 Å². The average Bonchev–Trinajstić information content (AvgIpc) is 2.45. The zero-order chi connectivity index (χ0) is 14.2. The molecular formula is C15H15NO3S. The Bertz CT molecular complexity index is 762. The van der Waals surface area contributed by atoms with Crippen LogP contribution < -0.4 is 0 Å². The summed E-state index contributed by atoms with van der Waals surface area (Å²) >= 11 is 0. The van der Waals surface area contributed by atoms with Gasteiger partial charge in [-0.2, -0.15) is 0 Å². The molecule has 1 aliphatic heterocycles. The van der Waals surface area contributed by atoms with Crippen LogP contribution in [-0.4, -0.2) is 30.2 Å². The Morgan fingerprint density at radius 1 is 1.20 bits per heavy atom. The molecule has 1 aliphatic rings. The number of Topliss-reactive ketones (excluding diaryl/α,β-unsaturated/α-hetero) is 1. The third-order valence-corrected chi connectivity index (χ3v) is 5.99. The molecule has 0 N–H and O–H groups in total. The van der Waals surface area contributed by atoms with Crippen LogP contribution in [0.15, 0.2) is 36.7 Å². The third kappa shape index (κ3) is 2.22. The van der Waals surface area contributed by atoms with Crippen molar-refractivity contribution in [2.24, 2.45) is 0 Å². The highest BCUT2D eigenvalue weighted by molar-refractivity contribution is 7.92. The molecule has 0 radical (unpaired) electrons. The summed E-state index contributed by atoms with van der Waals surface area (Å²) < 4.78 is 24.2. The van der Waals surface area contributed by atoms with Gasteiger partial charge in [-0.3, -0.25) is 9.78 Å². The molecule has 1 aromatic heterocycles. The Hall–Kier alpha value is -1.75. The molecule has 0 saturated carbocycles. The number of carbonyl (C=O) groups excluding carboxylic acids is 1. The number of aromatic nitrogens is 1. The fourth-order valence-corrected chi connectivity index (χ4v) is 4.63. The molecule has 104 valence electrons. The predicted octanol–water partition coefficient (Wildman–Crippen LogP) is 2.38. The van der Waals surface area contributed by atoms with E-state index >= 15 is 0 Å². The average molecular weight is 289 g/mol. The number of sulfone groups is 1. The van der Waals surface area contributed by atoms with Gasteiger partial charge in [0, 0.05) is 23.3 Å². The molecule has 0 aliphatic carbocycles. The second-order valence-electron chi connectivity index (χ2n) is 5.12. The monoisotopic (exact) mass is 289 g/mol. The van der Waals surface area contributed by atoms with Crippen molar-refractivity contribution in [2.75, 3.05) is 5.75 Å². The highest BCUT2D eigenvalue weighted by Crippen LogP contribution is 2.26. The molecule has 0 spiro atoms. The van der Waals surface area contributed by atoms with Crippen molar-refractivity contribution in [1.82, 2.24) is 4.98 Å². The van der Waals surface area contributed by atoms with Crippen molar-refractivity contribution < 1.29 is 13.2 Å². The lowest BCUT2D eigenvalue weighted by Crippen LogP contribution is -2.35. The number of nitrogens with zero attached hydrogens (tertiary/aromatic N) is 1. The van der Waals surface area contributed by atoms with E-state index in [4.69, 9.17) is 0 Å². The van der Waals surface area contributed by atoms with Gasteiger partial charge < -0.3 is 0 Å². The fourth-order valence-electron chi connectivity index (χ4n) is 2.76. The molecule has 1 fully saturated rings. The molecule has 2 heterocycles. The molecule has 1 atom stereocenters. The van der Waals surface area contributed by atoms with Crippen molar-refractivity contribution >= 4 is 26.4 Å². The summed E-state index contributed by atoms with van der Waals surface area (Å²) in [6.07, 6.45) is 5.19. The van der Waals surface area contributed by atoms with Crippen LogP contribution in [0.25, 0.3) is 10.8 Å². The maximum Gasteiger partial charge on any atom is 0.181 e. The van der Waals surface area contributed by atoms with Gasteiger partial charge in [0.1, 0.15) is 5.25 Å². The molecule has 20 heavy (non-hydrogen) atoms. The number of hydrogen-bond donors (Lipinski definition) is 0. The molecule has 3 rings (SSSR count). The van der Waals surface area contributed by atoms with E-state index in [9.17, 15) is 13.2 Å². The Morgan fingerprint density at radius 3 is 2.85 bits per heavy atom. The van der Waals surface area contributed by atoms with Gasteiger partial charge in [-0.25, -0.2) is 8.42 Å². The molecule has 0 amide bonds. The van der Waals surface area contributed by atoms with E-state index in [0.29, 0.717) is 18.4 Å². The number of hydrogen-bond acceptors (Lipinski definition) is 4. The van der Waals surface area contributed by atoms with Gasteiger partial charge in [0.2, 0.25) is 0 Å². The Morgan fingerprint density at radius 2 is 2.05 bits per heavy atom. The summed E-state index contributed by atoms with van der Waals surface area (Å²) in [5.41, 5.74) is 0.486. The predicted molar refractivity (Wildman–Crippen MR) is 77.5 cm³/mol. The first-order chi connectivity index (χ1) is 9.59. The Balaban J connectivity index is 2.09. The first kappa shape index (κ1) is 13.2. The van der Waals surface area contributed by atoms with Crippen molar-refractivity contribution in [2.45, 2.75) is 24.5 Å². The highest BCUT2D eigenvalue weighted by atomic mass is 32.2. The lowest BCUT2D eigenvalue weighted by molar-refractivity contribution is 0.0983. The van der Waals surface area contributed by atoms with Crippen LogP contribution >= 0.6 is 0 Å². The quantitative estimate of drug-likeness (QED) is 0.796. The van der Waals surface area contributed by atoms with Gasteiger partial charge in [-0.15, -0.1) is 0 Å². The van der Waals surface area contributed by atoms with E-state index in [-0.39, 0.29) is 11.5 Å². The minimum Gasteiger partial charge on any atom is -0.293 e. The third-order valence-electron chi connectivity index (χ3n) is 3.82. The lowest BCUT2D eigenvalue weighted by atomic mass is 9.99. The van der Waals surface area contributed by atoms with Crippen LogP contribution in [0, 0.1) is 0 Å². The SMILES string of the molecule is O=C(c1cccc2cnccc12)C1CCCCS1(=O)=O. The number of ketones is 1. The van der Waals surface area contributed by atoms with Crippen molar-refractivity contribution in [3.8, 4) is 0 Å². The second-order valence-corrected chi connectivity index (χ2v) is 7.42. The summed E-state index contributed by atoms with van der Waals surface area (Å²) in [4.78, 5) is 16.7. The maximum atomic E-state index is 12.6. The van der Waals surface area contributed by atoms with Gasteiger partial charge >= 0.3 is 0 Å². The number of rotatable bonds is 2. The Labute approximate surface area is 117 Å². The van der Waals surface area contributed by atoms with Crippen molar-refractivity contribution in [3.63, 3.8) is 0 Å². The molecule has 1 unspecified atom stereocenters. The standard InChI is InChI=1S/C15H15NO3S/c17-15(14-6-1-2-9-20(14,18)19)13-5-3-4-11-10-16-8-7-12(11)13/h3-5,7-8,10,14H,1-2,6,9H2. The molecule has 4 nitrogen and oxygen atoms in total. The van der Waals surface area contributed by atoms with E-state index in [1.807, 2.05) is 6.07 Å². The normalized spacial score (nSPS) is 21.7. The first-order valence-electron chi connectivity index (χ1n) is 6.68. The number of benzene rings is 1. The molecular weight excluding hydrogens is 274 g/mol. The summed E-state index contributed by atoms with van der Waals surface area (Å²) in [5, 5.41) is 0.745. The second kappa shape index (κ2) is 4.98. The van der Waals surface area contributed by atoms with Crippen LogP contribution in [0.1, 0.15) is 29.6 Å². The van der Waals surface area contributed by atoms with Crippen LogP contribution in [-0.2, 0) is 9.84 Å². The summed E-state index contributed by atoms with van der Waals surface area (Å²) in [5.74, 6) is -0.156. The number of carbonyl (C=O) groups is 1. The van der Waals surface area contributed by atoms with Crippen LogP contribution in [0.4, 0.5) is 0 Å². The first-order valence-corrected chi connectivity index (χ1v) is 8.40. The van der Waals surface area contributed by atoms with E-state index in [1.54, 1.807) is 30.6 Å². The van der Waals surface area contributed by atoms with Crippen LogP contribution in [0.3, 0.4) is 0 Å². The summed E-state index contributed by atoms with van der Waals surface area (Å²) in [6.45, 7) is 0. The fraction of sp³-hybridized carbons (Fsp3) is 0.333. The smallest absolute Gasteiger partial charge is 0.181 e. The summed E-state index contributed by atoms with van der Waals surface area (Å²) in [6, 6.07) is 7.11. The van der Waals surface area contributed by atoms with E-state index in [2.05, 4.69) is 4.98 Å². The van der Waals surface area contributed by atoms with Crippen LogP contribution in [0.5, 0.6) is 0 Å². The lowest BCUT2D eigenvalue weighted by Gasteiger charge is -2.21. The number of pyridine rings is 1. The number of fused-ring (bicyclic) bond motifs is 1. The molecule has 1 aromatic carbocycles. The largest absolute Gasteiger partial charge is 0.293 e. The summed E-state index contributed by atoms with van der Waals surface area (Å²) in [7, 11) is -3.30. The maximum absolute atomic E-state index is 12.6. The minimum absolute atomic E-state index is 0.121. The van der Waals surface area contributed by atoms with Gasteiger partial charge in [0.25, 0.3) is 0 Å². The highest BCUT2D eigenvalue weighted by Gasteiger charge is 2.35. The van der Waals surface area contributed by atoms with Gasteiger partial charge in [-0.1, -0.05) is 24.6 Å². The molecule has 0 bridgehead atoms. The molecule has 5 heteroatoms. The van der Waals surface area contributed by atoms with E-state index in [0.717, 1.165) is 17.2 Å². The topological polar surface area (TPSA) is 64.1 Å². The minimum atomic E-state index is -3.30. The zero-order valence-electron chi connectivity index (χ0n) is 11.0. The van der Waals surface area contributed by atoms with E-state index < -0.39 is 15.1 Å². The van der Waals surface area contributed by atoms with Gasteiger partial charge in [0.15, 0.2) is 15.6 Å². The van der Waals surface area contributed by atoms with Crippen LogP contribution in [0.2, 0.25) is 0 Å². The van der Waals surface area contributed by atoms with Gasteiger partial charge in [0.05, 0.1) is 5.75 Å². The van der Waals surface area contributed by atoms with Crippen molar-refractivity contribution in [1.29, 1.82) is 0 Å². The Kier molecular flexibility index (Phi) is 3.30. The van der Waals surface area contributed by atoms with E-state index in [1.165, 1.54) is 0 Å². The molecule has 1 saturated heterocycles.